The summed E-state index contributed by atoms with van der Waals surface area (Å²) in [4.78, 5) is 13.8. The van der Waals surface area contributed by atoms with Crippen LogP contribution in [0.5, 0.6) is 0 Å². The Kier molecular flexibility index (Phi) is 4.10. The largest absolute Gasteiger partial charge is 0.345 e. The zero-order valence-electron chi connectivity index (χ0n) is 11.2. The smallest absolute Gasteiger partial charge is 0.224 e. The maximum absolute atomic E-state index is 12.0. The van der Waals surface area contributed by atoms with Crippen LogP contribution in [0.15, 0.2) is 4.47 Å². The van der Waals surface area contributed by atoms with Crippen molar-refractivity contribution in [1.82, 2.24) is 14.7 Å². The quantitative estimate of drug-likeness (QED) is 0.837. The van der Waals surface area contributed by atoms with Crippen LogP contribution in [-0.2, 0) is 11.3 Å². The summed E-state index contributed by atoms with van der Waals surface area (Å²) in [6.45, 7) is 5.56. The Balaban J connectivity index is 1.86. The van der Waals surface area contributed by atoms with Gasteiger partial charge in [-0.25, -0.2) is 0 Å². The summed E-state index contributed by atoms with van der Waals surface area (Å²) >= 11 is 3.50. The average Bonchev–Trinajstić information content (AvgIpc) is 3.11. The summed E-state index contributed by atoms with van der Waals surface area (Å²) in [5, 5.41) is 4.41. The first-order chi connectivity index (χ1) is 8.49. The van der Waals surface area contributed by atoms with Crippen molar-refractivity contribution in [2.24, 2.45) is 5.92 Å². The number of aryl methyl sites for hydroxylation is 2. The summed E-state index contributed by atoms with van der Waals surface area (Å²) in [6.07, 6.45) is 3.08. The average molecular weight is 314 g/mol. The molecule has 1 heterocycles. The van der Waals surface area contributed by atoms with E-state index in [-0.39, 0.29) is 5.91 Å². The fraction of sp³-hybridized carbons (Fsp3) is 0.692. The molecule has 1 aliphatic rings. The lowest BCUT2D eigenvalue weighted by molar-refractivity contribution is -0.130. The number of hydrogen-bond donors (Lipinski definition) is 0. The summed E-state index contributed by atoms with van der Waals surface area (Å²) < 4.78 is 2.95. The molecular formula is C13H20BrN3O. The zero-order chi connectivity index (χ0) is 13.3. The summed E-state index contributed by atoms with van der Waals surface area (Å²) in [6, 6.07) is 0. The highest BCUT2D eigenvalue weighted by Crippen LogP contribution is 2.29. The van der Waals surface area contributed by atoms with E-state index in [1.165, 1.54) is 12.8 Å². The topological polar surface area (TPSA) is 38.1 Å². The second kappa shape index (κ2) is 5.43. The van der Waals surface area contributed by atoms with Crippen molar-refractivity contribution in [1.29, 1.82) is 0 Å². The lowest BCUT2D eigenvalue weighted by Gasteiger charge is -2.16. The number of nitrogens with zero attached hydrogens (tertiary/aromatic N) is 3. The van der Waals surface area contributed by atoms with Crippen LogP contribution in [-0.4, -0.2) is 34.2 Å². The number of hydrogen-bond acceptors (Lipinski definition) is 2. The first-order valence-corrected chi connectivity index (χ1v) is 7.21. The Hall–Kier alpha value is -0.840. The molecule has 0 saturated heterocycles. The predicted molar refractivity (Wildman–Crippen MR) is 74.4 cm³/mol. The fourth-order valence-corrected chi connectivity index (χ4v) is 2.36. The van der Waals surface area contributed by atoms with E-state index in [9.17, 15) is 4.79 Å². The normalized spacial score (nSPS) is 14.9. The molecule has 0 spiro atoms. The number of aromatic nitrogens is 2. The highest BCUT2D eigenvalue weighted by Gasteiger charge is 2.24. The lowest BCUT2D eigenvalue weighted by atomic mass is 10.3. The van der Waals surface area contributed by atoms with Crippen molar-refractivity contribution in [3.63, 3.8) is 0 Å². The van der Waals surface area contributed by atoms with Crippen molar-refractivity contribution in [3.8, 4) is 0 Å². The molecule has 1 aliphatic carbocycles. The van der Waals surface area contributed by atoms with Crippen molar-refractivity contribution in [2.45, 2.75) is 39.7 Å². The number of rotatable bonds is 5. The van der Waals surface area contributed by atoms with Gasteiger partial charge in [0.1, 0.15) is 0 Å². The third-order valence-electron chi connectivity index (χ3n) is 3.49. The van der Waals surface area contributed by atoms with Gasteiger partial charge in [0.2, 0.25) is 5.91 Å². The van der Waals surface area contributed by atoms with Crippen molar-refractivity contribution in [2.75, 3.05) is 13.6 Å². The predicted octanol–water partition coefficient (Wildman–Crippen LogP) is 2.52. The highest BCUT2D eigenvalue weighted by atomic mass is 79.9. The van der Waals surface area contributed by atoms with Crippen LogP contribution in [0, 0.1) is 19.8 Å². The number of halogens is 1. The maximum atomic E-state index is 12.0. The van der Waals surface area contributed by atoms with Gasteiger partial charge in [-0.15, -0.1) is 0 Å². The molecule has 100 valence electrons. The number of carbonyl (C=O) groups excluding carboxylic acids is 1. The molecule has 0 bridgehead atoms. The molecule has 1 aromatic heterocycles. The second-order valence-corrected chi connectivity index (χ2v) is 5.97. The second-order valence-electron chi connectivity index (χ2n) is 5.18. The minimum atomic E-state index is 0.213. The van der Waals surface area contributed by atoms with Gasteiger partial charge in [0.05, 0.1) is 16.7 Å². The molecule has 1 fully saturated rings. The molecular weight excluding hydrogens is 294 g/mol. The Morgan fingerprint density at radius 2 is 2.17 bits per heavy atom. The molecule has 0 aromatic carbocycles. The third kappa shape index (κ3) is 3.13. The molecule has 0 radical (unpaired) electrons. The van der Waals surface area contributed by atoms with E-state index in [2.05, 4.69) is 21.0 Å². The van der Waals surface area contributed by atoms with Gasteiger partial charge in [-0.2, -0.15) is 5.10 Å². The minimum Gasteiger partial charge on any atom is -0.345 e. The Morgan fingerprint density at radius 3 is 2.67 bits per heavy atom. The summed E-state index contributed by atoms with van der Waals surface area (Å²) in [5.74, 6) is 0.965. The summed E-state index contributed by atoms with van der Waals surface area (Å²) in [5.41, 5.74) is 2.07. The molecule has 5 heteroatoms. The molecule has 0 unspecified atom stereocenters. The van der Waals surface area contributed by atoms with Gasteiger partial charge < -0.3 is 4.90 Å². The van der Waals surface area contributed by atoms with Crippen LogP contribution >= 0.6 is 15.9 Å². The Bertz CT molecular complexity index is 451. The van der Waals surface area contributed by atoms with E-state index >= 15 is 0 Å². The molecule has 1 saturated carbocycles. The van der Waals surface area contributed by atoms with Gasteiger partial charge in [0.15, 0.2) is 0 Å². The van der Waals surface area contributed by atoms with Gasteiger partial charge in [0, 0.05) is 25.7 Å². The molecule has 0 atom stereocenters. The van der Waals surface area contributed by atoms with Crippen LogP contribution in [0.4, 0.5) is 0 Å². The van der Waals surface area contributed by atoms with Gasteiger partial charge in [0.25, 0.3) is 0 Å². The Labute approximate surface area is 116 Å². The van der Waals surface area contributed by atoms with Crippen LogP contribution in [0.2, 0.25) is 0 Å². The SMILES string of the molecule is Cc1nn(CCC(=O)N(C)CC2CC2)c(C)c1Br. The van der Waals surface area contributed by atoms with E-state index < -0.39 is 0 Å². The van der Waals surface area contributed by atoms with Crippen molar-refractivity contribution < 1.29 is 4.79 Å². The van der Waals surface area contributed by atoms with Crippen LogP contribution in [0.25, 0.3) is 0 Å². The van der Waals surface area contributed by atoms with Crippen molar-refractivity contribution >= 4 is 21.8 Å². The van der Waals surface area contributed by atoms with Gasteiger partial charge >= 0.3 is 0 Å². The third-order valence-corrected chi connectivity index (χ3v) is 4.63. The number of carbonyl (C=O) groups is 1. The summed E-state index contributed by atoms with van der Waals surface area (Å²) in [7, 11) is 1.90. The zero-order valence-corrected chi connectivity index (χ0v) is 12.8. The molecule has 0 aliphatic heterocycles. The number of amides is 1. The van der Waals surface area contributed by atoms with E-state index in [1.54, 1.807) is 0 Å². The van der Waals surface area contributed by atoms with E-state index in [0.29, 0.717) is 13.0 Å². The van der Waals surface area contributed by atoms with Crippen LogP contribution in [0.1, 0.15) is 30.7 Å². The lowest BCUT2D eigenvalue weighted by Crippen LogP contribution is -2.29. The van der Waals surface area contributed by atoms with E-state index in [1.807, 2.05) is 30.5 Å². The van der Waals surface area contributed by atoms with Gasteiger partial charge in [-0.3, -0.25) is 9.48 Å². The van der Waals surface area contributed by atoms with Crippen LogP contribution < -0.4 is 0 Å². The van der Waals surface area contributed by atoms with Crippen molar-refractivity contribution in [3.05, 3.63) is 15.9 Å². The monoisotopic (exact) mass is 313 g/mol. The first-order valence-electron chi connectivity index (χ1n) is 6.42. The molecule has 4 nitrogen and oxygen atoms in total. The fourth-order valence-electron chi connectivity index (χ4n) is 2.07. The van der Waals surface area contributed by atoms with Gasteiger partial charge in [-0.05, 0) is 48.5 Å². The first kappa shape index (κ1) is 13.6. The highest BCUT2D eigenvalue weighted by molar-refractivity contribution is 9.10. The maximum Gasteiger partial charge on any atom is 0.224 e. The minimum absolute atomic E-state index is 0.213. The van der Waals surface area contributed by atoms with E-state index in [0.717, 1.165) is 28.3 Å². The molecule has 2 rings (SSSR count). The van der Waals surface area contributed by atoms with E-state index in [4.69, 9.17) is 0 Å². The molecule has 1 aromatic rings. The standard InChI is InChI=1S/C13H20BrN3O/c1-9-13(14)10(2)17(15-9)7-6-12(18)16(3)8-11-4-5-11/h11H,4-8H2,1-3H3. The molecule has 1 amide bonds. The molecule has 0 N–H and O–H groups in total. The van der Waals surface area contributed by atoms with Crippen LogP contribution in [0.3, 0.4) is 0 Å². The van der Waals surface area contributed by atoms with Gasteiger partial charge in [-0.1, -0.05) is 0 Å². The Morgan fingerprint density at radius 1 is 1.50 bits per heavy atom. The molecule has 18 heavy (non-hydrogen) atoms.